The Morgan fingerprint density at radius 1 is 0.968 bits per heavy atom. The SMILES string of the molecule is COc1cccc(C2(N3CCN(CC4CCCCC4)CC3)Cc3ccccc3C2=O)c1. The molecule has 31 heavy (non-hydrogen) atoms. The Kier molecular flexibility index (Phi) is 5.85. The van der Waals surface area contributed by atoms with E-state index in [4.69, 9.17) is 4.74 Å². The van der Waals surface area contributed by atoms with Crippen molar-refractivity contribution in [3.8, 4) is 5.75 Å². The molecule has 2 fully saturated rings. The molecule has 0 aromatic heterocycles. The molecule has 0 amide bonds. The number of hydrogen-bond acceptors (Lipinski definition) is 4. The standard InChI is InChI=1S/C27H34N2O2/c1-31-24-12-7-11-23(18-24)27(19-22-10-5-6-13-25(22)26(27)30)29-16-14-28(15-17-29)20-21-8-3-2-4-9-21/h5-7,10-13,18,21H,2-4,8-9,14-17,19-20H2,1H3. The summed E-state index contributed by atoms with van der Waals surface area (Å²) in [6.45, 7) is 5.19. The van der Waals surface area contributed by atoms with E-state index in [1.54, 1.807) is 7.11 Å². The van der Waals surface area contributed by atoms with Gasteiger partial charge in [0.1, 0.15) is 11.3 Å². The molecule has 2 aromatic rings. The van der Waals surface area contributed by atoms with Crippen LogP contribution in [-0.4, -0.2) is 55.4 Å². The van der Waals surface area contributed by atoms with Crippen molar-refractivity contribution in [1.29, 1.82) is 0 Å². The summed E-state index contributed by atoms with van der Waals surface area (Å²) >= 11 is 0. The number of hydrogen-bond donors (Lipinski definition) is 0. The number of carbonyl (C=O) groups excluding carboxylic acids is 1. The van der Waals surface area contributed by atoms with Gasteiger partial charge >= 0.3 is 0 Å². The highest BCUT2D eigenvalue weighted by Gasteiger charge is 2.51. The van der Waals surface area contributed by atoms with E-state index < -0.39 is 5.54 Å². The third-order valence-corrected chi connectivity index (χ3v) is 7.78. The molecule has 4 heteroatoms. The van der Waals surface area contributed by atoms with E-state index in [0.717, 1.165) is 55.4 Å². The largest absolute Gasteiger partial charge is 0.497 e. The number of piperazine rings is 1. The van der Waals surface area contributed by atoms with Crippen LogP contribution < -0.4 is 4.74 Å². The summed E-state index contributed by atoms with van der Waals surface area (Å²) in [5.41, 5.74) is 2.50. The van der Waals surface area contributed by atoms with Crippen LogP contribution in [0.2, 0.25) is 0 Å². The van der Waals surface area contributed by atoms with Crippen molar-refractivity contribution in [2.45, 2.75) is 44.1 Å². The number of fused-ring (bicyclic) bond motifs is 1. The first kappa shape index (κ1) is 20.7. The molecule has 1 heterocycles. The fraction of sp³-hybridized carbons (Fsp3) is 0.519. The number of rotatable bonds is 5. The molecule has 0 spiro atoms. The van der Waals surface area contributed by atoms with Crippen LogP contribution in [-0.2, 0) is 12.0 Å². The Balaban J connectivity index is 1.41. The highest BCUT2D eigenvalue weighted by molar-refractivity contribution is 6.08. The maximum Gasteiger partial charge on any atom is 0.188 e. The minimum absolute atomic E-state index is 0.247. The zero-order chi connectivity index (χ0) is 21.3. The fourth-order valence-electron chi connectivity index (χ4n) is 6.07. The summed E-state index contributed by atoms with van der Waals surface area (Å²) in [5, 5.41) is 0. The normalized spacial score (nSPS) is 25.5. The lowest BCUT2D eigenvalue weighted by Gasteiger charge is -2.46. The highest BCUT2D eigenvalue weighted by Crippen LogP contribution is 2.43. The van der Waals surface area contributed by atoms with Gasteiger partial charge in [-0.05, 0) is 42.0 Å². The quantitative estimate of drug-likeness (QED) is 0.714. The molecule has 1 saturated heterocycles. The van der Waals surface area contributed by atoms with E-state index in [1.807, 2.05) is 24.3 Å². The maximum absolute atomic E-state index is 13.9. The Bertz CT molecular complexity index is 928. The second kappa shape index (κ2) is 8.76. The average Bonchev–Trinajstić information content (AvgIpc) is 3.14. The minimum Gasteiger partial charge on any atom is -0.497 e. The van der Waals surface area contributed by atoms with Crippen molar-refractivity contribution in [3.63, 3.8) is 0 Å². The summed E-state index contributed by atoms with van der Waals surface area (Å²) in [5.74, 6) is 1.93. The molecule has 2 aliphatic carbocycles. The van der Waals surface area contributed by atoms with Crippen LogP contribution in [0.15, 0.2) is 48.5 Å². The number of methoxy groups -OCH3 is 1. The second-order valence-corrected chi connectivity index (χ2v) is 9.55. The molecule has 1 unspecified atom stereocenters. The predicted molar refractivity (Wildman–Crippen MR) is 124 cm³/mol. The van der Waals surface area contributed by atoms with Gasteiger partial charge in [0.2, 0.25) is 0 Å². The zero-order valence-corrected chi connectivity index (χ0v) is 18.7. The molecule has 1 saturated carbocycles. The van der Waals surface area contributed by atoms with Crippen LogP contribution in [0, 0.1) is 5.92 Å². The van der Waals surface area contributed by atoms with Gasteiger partial charge in [0.15, 0.2) is 5.78 Å². The Labute approximate surface area is 186 Å². The van der Waals surface area contributed by atoms with Crippen LogP contribution in [0.3, 0.4) is 0 Å². The first-order chi connectivity index (χ1) is 15.2. The smallest absolute Gasteiger partial charge is 0.188 e. The molecule has 164 valence electrons. The zero-order valence-electron chi connectivity index (χ0n) is 18.7. The van der Waals surface area contributed by atoms with Crippen LogP contribution in [0.1, 0.15) is 53.6 Å². The number of carbonyl (C=O) groups is 1. The predicted octanol–water partition coefficient (Wildman–Crippen LogP) is 4.53. The summed E-state index contributed by atoms with van der Waals surface area (Å²) in [6, 6.07) is 16.3. The summed E-state index contributed by atoms with van der Waals surface area (Å²) in [4.78, 5) is 19.0. The second-order valence-electron chi connectivity index (χ2n) is 9.55. The van der Waals surface area contributed by atoms with Gasteiger partial charge in [0.05, 0.1) is 7.11 Å². The fourth-order valence-corrected chi connectivity index (χ4v) is 6.07. The molecule has 1 atom stereocenters. The number of Topliss-reactive ketones (excluding diaryl/α,β-unsaturated/α-hetero) is 1. The maximum atomic E-state index is 13.9. The van der Waals surface area contributed by atoms with E-state index in [9.17, 15) is 4.79 Å². The number of benzene rings is 2. The van der Waals surface area contributed by atoms with Crippen LogP contribution in [0.4, 0.5) is 0 Å². The molecular formula is C27H34N2O2. The highest BCUT2D eigenvalue weighted by atomic mass is 16.5. The van der Waals surface area contributed by atoms with E-state index in [2.05, 4.69) is 34.1 Å². The Morgan fingerprint density at radius 2 is 1.74 bits per heavy atom. The van der Waals surface area contributed by atoms with E-state index in [1.165, 1.54) is 44.2 Å². The van der Waals surface area contributed by atoms with Gasteiger partial charge in [-0.3, -0.25) is 9.69 Å². The van der Waals surface area contributed by atoms with Crippen LogP contribution in [0.25, 0.3) is 0 Å². The van der Waals surface area contributed by atoms with Gasteiger partial charge in [-0.15, -0.1) is 0 Å². The van der Waals surface area contributed by atoms with Crippen LogP contribution >= 0.6 is 0 Å². The molecule has 5 rings (SSSR count). The van der Waals surface area contributed by atoms with Crippen molar-refractivity contribution >= 4 is 5.78 Å². The van der Waals surface area contributed by atoms with Gasteiger partial charge in [0, 0.05) is 44.7 Å². The monoisotopic (exact) mass is 418 g/mol. The lowest BCUT2D eigenvalue weighted by Crippen LogP contribution is -2.58. The van der Waals surface area contributed by atoms with E-state index in [-0.39, 0.29) is 5.78 Å². The molecule has 0 bridgehead atoms. The summed E-state index contributed by atoms with van der Waals surface area (Å²) in [7, 11) is 1.70. The third-order valence-electron chi connectivity index (χ3n) is 7.78. The molecule has 0 radical (unpaired) electrons. The van der Waals surface area contributed by atoms with Gasteiger partial charge in [-0.25, -0.2) is 0 Å². The van der Waals surface area contributed by atoms with Gasteiger partial charge in [0.25, 0.3) is 0 Å². The van der Waals surface area contributed by atoms with Gasteiger partial charge in [-0.2, -0.15) is 0 Å². The molecular weight excluding hydrogens is 384 g/mol. The molecule has 3 aliphatic rings. The van der Waals surface area contributed by atoms with Crippen molar-refractivity contribution in [3.05, 3.63) is 65.2 Å². The summed E-state index contributed by atoms with van der Waals surface area (Å²) in [6.07, 6.45) is 7.74. The minimum atomic E-state index is -0.616. The number of nitrogens with zero attached hydrogens (tertiary/aromatic N) is 2. The molecule has 1 aliphatic heterocycles. The molecule has 0 N–H and O–H groups in total. The average molecular weight is 419 g/mol. The van der Waals surface area contributed by atoms with Crippen molar-refractivity contribution in [2.24, 2.45) is 5.92 Å². The first-order valence-corrected chi connectivity index (χ1v) is 12.0. The van der Waals surface area contributed by atoms with Crippen molar-refractivity contribution in [1.82, 2.24) is 9.80 Å². The van der Waals surface area contributed by atoms with Crippen LogP contribution in [0.5, 0.6) is 5.75 Å². The Morgan fingerprint density at radius 3 is 2.48 bits per heavy atom. The van der Waals surface area contributed by atoms with Crippen molar-refractivity contribution < 1.29 is 9.53 Å². The van der Waals surface area contributed by atoms with Gasteiger partial charge in [-0.1, -0.05) is 55.7 Å². The van der Waals surface area contributed by atoms with E-state index in [0.29, 0.717) is 0 Å². The van der Waals surface area contributed by atoms with E-state index >= 15 is 0 Å². The first-order valence-electron chi connectivity index (χ1n) is 12.0. The topological polar surface area (TPSA) is 32.8 Å². The lowest BCUT2D eigenvalue weighted by atomic mass is 9.83. The van der Waals surface area contributed by atoms with Crippen molar-refractivity contribution in [2.75, 3.05) is 39.8 Å². The molecule has 2 aromatic carbocycles. The number of ketones is 1. The Hall–Kier alpha value is -2.17. The summed E-state index contributed by atoms with van der Waals surface area (Å²) < 4.78 is 5.52. The number of ether oxygens (including phenoxy) is 1. The molecule has 4 nitrogen and oxygen atoms in total. The third kappa shape index (κ3) is 3.81. The van der Waals surface area contributed by atoms with Gasteiger partial charge < -0.3 is 9.64 Å². The lowest BCUT2D eigenvalue weighted by molar-refractivity contribution is 0.0258.